The summed E-state index contributed by atoms with van der Waals surface area (Å²) in [6.07, 6.45) is 6.84. The van der Waals surface area contributed by atoms with Crippen molar-refractivity contribution in [2.75, 3.05) is 0 Å². The first-order valence-corrected chi connectivity index (χ1v) is 8.46. The van der Waals surface area contributed by atoms with Crippen molar-refractivity contribution in [3.8, 4) is 11.5 Å². The van der Waals surface area contributed by atoms with Gasteiger partial charge in [-0.15, -0.1) is 0 Å². The maximum atomic E-state index is 10.7. The fourth-order valence-electron chi connectivity index (χ4n) is 3.42. The van der Waals surface area contributed by atoms with Crippen molar-refractivity contribution in [2.45, 2.75) is 65.1 Å². The highest BCUT2D eigenvalue weighted by molar-refractivity contribution is 5.51. The number of hydrogen-bond acceptors (Lipinski definition) is 2. The maximum Gasteiger partial charge on any atom is 0.123 e. The minimum absolute atomic E-state index is 0.0612. The molecule has 126 valence electrons. The minimum Gasteiger partial charge on any atom is -0.507 e. The highest BCUT2D eigenvalue weighted by Gasteiger charge is 2.29. The van der Waals surface area contributed by atoms with Crippen LogP contribution in [0, 0.1) is 5.92 Å². The molecule has 2 atom stereocenters. The second-order valence-electron chi connectivity index (χ2n) is 6.60. The number of rotatable bonds is 6. The van der Waals surface area contributed by atoms with E-state index in [4.69, 9.17) is 6.85 Å². The third kappa shape index (κ3) is 4.19. The zero-order chi connectivity index (χ0) is 21.1. The molecule has 0 amide bonds. The van der Waals surface area contributed by atoms with E-state index in [-0.39, 0.29) is 22.6 Å². The Morgan fingerprint density at radius 3 is 2.70 bits per heavy atom. The molecule has 0 aliphatic heterocycles. The molecule has 1 aliphatic rings. The summed E-state index contributed by atoms with van der Waals surface area (Å²) in [5.41, 5.74) is 1.94. The van der Waals surface area contributed by atoms with Crippen LogP contribution in [0.5, 0.6) is 11.5 Å². The summed E-state index contributed by atoms with van der Waals surface area (Å²) in [6.45, 7) is 0.765. The van der Waals surface area contributed by atoms with Gasteiger partial charge in [-0.25, -0.2) is 0 Å². The van der Waals surface area contributed by atoms with Crippen molar-refractivity contribution in [1.82, 2.24) is 0 Å². The SMILES string of the molecule is [2H]C([2H])=C(C1CCC(C)=CC1c1c(O)cc(CCCCC)cc1O)C([2H])([2H])[2H]. The fraction of sp³-hybridized carbons (Fsp3) is 0.524. The second kappa shape index (κ2) is 7.72. The Labute approximate surface area is 147 Å². The predicted molar refractivity (Wildman–Crippen MR) is 97.0 cm³/mol. The average molecular weight is 319 g/mol. The van der Waals surface area contributed by atoms with Gasteiger partial charge >= 0.3 is 0 Å². The van der Waals surface area contributed by atoms with Crippen LogP contribution in [0.15, 0.2) is 35.9 Å². The molecule has 0 spiro atoms. The summed E-state index contributed by atoms with van der Waals surface area (Å²) in [5.74, 6) is -1.34. The Morgan fingerprint density at radius 2 is 2.09 bits per heavy atom. The average Bonchev–Trinajstić information content (AvgIpc) is 2.55. The van der Waals surface area contributed by atoms with E-state index in [1.807, 2.05) is 13.0 Å². The van der Waals surface area contributed by atoms with Crippen molar-refractivity contribution < 1.29 is 17.1 Å². The molecule has 0 fully saturated rings. The van der Waals surface area contributed by atoms with Gasteiger partial charge in [-0.2, -0.15) is 0 Å². The summed E-state index contributed by atoms with van der Waals surface area (Å²) in [6, 6.07) is 3.28. The van der Waals surface area contributed by atoms with Gasteiger partial charge in [-0.3, -0.25) is 0 Å². The Bertz CT molecular complexity index is 738. The largest absolute Gasteiger partial charge is 0.507 e. The smallest absolute Gasteiger partial charge is 0.123 e. The van der Waals surface area contributed by atoms with Crippen molar-refractivity contribution in [2.24, 2.45) is 5.92 Å². The quantitative estimate of drug-likeness (QED) is 0.510. The molecular formula is C21H30O2. The molecule has 0 heterocycles. The Balaban J connectivity index is 2.50. The molecule has 1 aromatic rings. The molecule has 2 unspecified atom stereocenters. The van der Waals surface area contributed by atoms with Crippen molar-refractivity contribution >= 4 is 0 Å². The first-order valence-electron chi connectivity index (χ1n) is 11.0. The third-order valence-corrected chi connectivity index (χ3v) is 4.72. The lowest BCUT2D eigenvalue weighted by molar-refractivity contribution is 0.406. The molecule has 0 aromatic heterocycles. The van der Waals surface area contributed by atoms with E-state index in [1.54, 1.807) is 12.1 Å². The lowest BCUT2D eigenvalue weighted by Crippen LogP contribution is -2.17. The second-order valence-corrected chi connectivity index (χ2v) is 6.60. The number of aromatic hydroxyl groups is 2. The molecule has 1 aliphatic carbocycles. The number of phenols is 2. The van der Waals surface area contributed by atoms with Gasteiger partial charge in [0.25, 0.3) is 0 Å². The normalized spacial score (nSPS) is 24.6. The van der Waals surface area contributed by atoms with E-state index < -0.39 is 25.2 Å². The lowest BCUT2D eigenvalue weighted by atomic mass is 9.73. The molecule has 0 saturated heterocycles. The zero-order valence-electron chi connectivity index (χ0n) is 19.0. The van der Waals surface area contributed by atoms with Crippen LogP contribution in [-0.4, -0.2) is 10.2 Å². The number of aryl methyl sites for hydroxylation is 1. The van der Waals surface area contributed by atoms with Crippen molar-refractivity contribution in [1.29, 1.82) is 0 Å². The number of unbranched alkanes of at least 4 members (excludes halogenated alkanes) is 2. The molecule has 0 bridgehead atoms. The van der Waals surface area contributed by atoms with Gasteiger partial charge in [0.2, 0.25) is 0 Å². The van der Waals surface area contributed by atoms with Crippen LogP contribution in [0.2, 0.25) is 0 Å². The third-order valence-electron chi connectivity index (χ3n) is 4.72. The Morgan fingerprint density at radius 1 is 1.35 bits per heavy atom. The van der Waals surface area contributed by atoms with Crippen LogP contribution in [0.4, 0.5) is 0 Å². The van der Waals surface area contributed by atoms with Crippen LogP contribution in [0.1, 0.15) is 76.7 Å². The predicted octanol–water partition coefficient (Wildman–Crippen LogP) is 5.85. The van der Waals surface area contributed by atoms with Gasteiger partial charge in [0.05, 0.1) is 2.74 Å². The minimum atomic E-state index is -2.56. The van der Waals surface area contributed by atoms with E-state index in [0.29, 0.717) is 12.8 Å². The van der Waals surface area contributed by atoms with Gasteiger partial charge in [0, 0.05) is 15.6 Å². The number of phenolic OH excluding ortho intramolecular Hbond substituents is 2. The molecule has 2 heteroatoms. The zero-order valence-corrected chi connectivity index (χ0v) is 14.0. The summed E-state index contributed by atoms with van der Waals surface area (Å²) in [7, 11) is 0. The van der Waals surface area contributed by atoms with E-state index in [2.05, 4.69) is 6.92 Å². The van der Waals surface area contributed by atoms with E-state index in [9.17, 15) is 10.2 Å². The maximum absolute atomic E-state index is 10.7. The van der Waals surface area contributed by atoms with Crippen LogP contribution >= 0.6 is 0 Å². The van der Waals surface area contributed by atoms with E-state index in [0.717, 1.165) is 36.8 Å². The van der Waals surface area contributed by atoms with Gasteiger partial charge in [0.1, 0.15) is 11.5 Å². The molecule has 0 radical (unpaired) electrons. The van der Waals surface area contributed by atoms with E-state index in [1.165, 1.54) is 0 Å². The lowest BCUT2D eigenvalue weighted by Gasteiger charge is -2.31. The standard InChI is InChI=1S/C21H30O2/c1-5-6-7-8-16-12-19(22)21(20(23)13-16)18-11-15(4)9-10-17(18)14(2)3/h11-13,17-18,22-23H,2,5-10H2,1,3-4H3/i2D2,3D3. The number of allylic oxidation sites excluding steroid dienone is 3. The Hall–Kier alpha value is -1.70. The topological polar surface area (TPSA) is 40.5 Å². The van der Waals surface area contributed by atoms with Crippen molar-refractivity contribution in [3.63, 3.8) is 0 Å². The molecular weight excluding hydrogens is 284 g/mol. The van der Waals surface area contributed by atoms with Crippen LogP contribution in [0.25, 0.3) is 0 Å². The summed E-state index contributed by atoms with van der Waals surface area (Å²) >= 11 is 0. The number of hydrogen-bond donors (Lipinski definition) is 2. The van der Waals surface area contributed by atoms with Crippen molar-refractivity contribution in [3.05, 3.63) is 47.0 Å². The number of benzene rings is 1. The molecule has 23 heavy (non-hydrogen) atoms. The molecule has 2 nitrogen and oxygen atoms in total. The summed E-state index contributed by atoms with van der Waals surface area (Å²) < 4.78 is 38.8. The molecule has 0 saturated carbocycles. The van der Waals surface area contributed by atoms with Crippen LogP contribution < -0.4 is 0 Å². The fourth-order valence-corrected chi connectivity index (χ4v) is 3.42. The van der Waals surface area contributed by atoms with Gasteiger partial charge < -0.3 is 10.2 Å². The molecule has 1 aromatic carbocycles. The first-order chi connectivity index (χ1) is 13.1. The highest BCUT2D eigenvalue weighted by atomic mass is 16.3. The highest BCUT2D eigenvalue weighted by Crippen LogP contribution is 2.46. The summed E-state index contributed by atoms with van der Waals surface area (Å²) in [4.78, 5) is 0. The molecule has 2 rings (SSSR count). The van der Waals surface area contributed by atoms with E-state index >= 15 is 0 Å². The van der Waals surface area contributed by atoms with Gasteiger partial charge in [0.15, 0.2) is 0 Å². The summed E-state index contributed by atoms with van der Waals surface area (Å²) in [5, 5.41) is 21.3. The first kappa shape index (κ1) is 11.8. The van der Waals surface area contributed by atoms with Gasteiger partial charge in [-0.05, 0) is 63.1 Å². The van der Waals surface area contributed by atoms with Crippen LogP contribution in [0.3, 0.4) is 0 Å². The van der Waals surface area contributed by atoms with Crippen LogP contribution in [-0.2, 0) is 6.42 Å². The van der Waals surface area contributed by atoms with Gasteiger partial charge in [-0.1, -0.05) is 43.5 Å². The Kier molecular flexibility index (Phi) is 3.95. The monoisotopic (exact) mass is 319 g/mol. The molecule has 2 N–H and O–H groups in total.